The number of para-hydroxylation sites is 1. The molecular weight excluding hydrogens is 448 g/mol. The number of aliphatic hydroxyl groups is 2. The summed E-state index contributed by atoms with van der Waals surface area (Å²) in [6.45, 7) is 1.68. The van der Waals surface area contributed by atoms with Crippen LogP contribution in [0.25, 0.3) is 22.1 Å². The van der Waals surface area contributed by atoms with Gasteiger partial charge in [0.05, 0.1) is 23.9 Å². The Kier molecular flexibility index (Phi) is 4.49. The predicted octanol–water partition coefficient (Wildman–Crippen LogP) is 1.43. The Morgan fingerprint density at radius 3 is 2.74 bits per heavy atom. The number of anilines is 1. The molecule has 1 unspecified atom stereocenters. The van der Waals surface area contributed by atoms with Gasteiger partial charge >= 0.3 is 0 Å². The topological polar surface area (TPSA) is 138 Å². The number of rotatable bonds is 3. The highest BCUT2D eigenvalue weighted by Crippen LogP contribution is 2.69. The molecule has 0 spiro atoms. The Balaban J connectivity index is 1.37. The van der Waals surface area contributed by atoms with Crippen molar-refractivity contribution in [1.29, 1.82) is 0 Å². The highest BCUT2D eigenvalue weighted by atomic mass is 16.4. The Labute approximate surface area is 200 Å². The number of imidazole rings is 1. The molecular formula is C25H24N6O4. The molecule has 0 radical (unpaired) electrons. The van der Waals surface area contributed by atoms with Crippen LogP contribution in [0.3, 0.4) is 0 Å². The molecule has 2 fully saturated rings. The number of amides is 1. The maximum Gasteiger partial charge on any atom is 0.228 e. The molecule has 10 heteroatoms. The van der Waals surface area contributed by atoms with E-state index in [9.17, 15) is 15.0 Å². The van der Waals surface area contributed by atoms with Crippen LogP contribution < -0.4 is 10.6 Å². The summed E-state index contributed by atoms with van der Waals surface area (Å²) in [7, 11) is 3.26. The SMILES string of the molecule is CNC(=O)C1(C)C[C@H]2[C@@H](n3cnc4c(NC)nc(C#Cc5cc6ccccc6o5)nc43)[C@@]2(O)[C@@H]1O. The molecule has 4 aromatic rings. The predicted molar refractivity (Wildman–Crippen MR) is 127 cm³/mol. The third kappa shape index (κ3) is 2.92. The minimum absolute atomic E-state index is 0.262. The van der Waals surface area contributed by atoms with E-state index < -0.39 is 23.2 Å². The molecule has 5 atom stereocenters. The van der Waals surface area contributed by atoms with Crippen molar-refractivity contribution in [2.45, 2.75) is 31.1 Å². The minimum atomic E-state index is -1.44. The normalized spacial score (nSPS) is 29.0. The number of aliphatic hydroxyl groups excluding tert-OH is 1. The zero-order chi connectivity index (χ0) is 24.5. The van der Waals surface area contributed by atoms with E-state index in [1.54, 1.807) is 24.9 Å². The lowest BCUT2D eigenvalue weighted by molar-refractivity contribution is -0.140. The summed E-state index contributed by atoms with van der Waals surface area (Å²) < 4.78 is 7.51. The quantitative estimate of drug-likeness (QED) is 0.329. The molecule has 2 aliphatic carbocycles. The van der Waals surface area contributed by atoms with E-state index in [0.29, 0.717) is 29.2 Å². The van der Waals surface area contributed by atoms with Crippen molar-refractivity contribution >= 4 is 33.9 Å². The van der Waals surface area contributed by atoms with Gasteiger partial charge in [0.2, 0.25) is 11.7 Å². The summed E-state index contributed by atoms with van der Waals surface area (Å²) in [6.07, 6.45) is 0.708. The minimum Gasteiger partial charge on any atom is -0.448 e. The molecule has 3 heterocycles. The number of nitrogens with one attached hydrogen (secondary N) is 2. The van der Waals surface area contributed by atoms with Crippen LogP contribution in [0.4, 0.5) is 5.82 Å². The number of benzene rings is 1. The third-order valence-corrected chi connectivity index (χ3v) is 7.45. The fourth-order valence-electron chi connectivity index (χ4n) is 5.60. The van der Waals surface area contributed by atoms with Crippen LogP contribution in [0.1, 0.15) is 31.0 Å². The number of nitrogens with zero attached hydrogens (tertiary/aromatic N) is 4. The van der Waals surface area contributed by atoms with Crippen LogP contribution in [-0.4, -0.2) is 61.4 Å². The fraction of sp³-hybridized carbons (Fsp3) is 0.360. The van der Waals surface area contributed by atoms with E-state index in [1.165, 1.54) is 7.05 Å². The average molecular weight is 473 g/mol. The summed E-state index contributed by atoms with van der Waals surface area (Å²) in [6, 6.07) is 9.05. The Morgan fingerprint density at radius 1 is 1.26 bits per heavy atom. The smallest absolute Gasteiger partial charge is 0.228 e. The lowest BCUT2D eigenvalue weighted by atomic mass is 9.80. The maximum absolute atomic E-state index is 12.4. The first-order chi connectivity index (χ1) is 16.8. The molecule has 1 amide bonds. The Hall–Kier alpha value is -3.94. The number of hydrogen-bond donors (Lipinski definition) is 4. The van der Waals surface area contributed by atoms with E-state index in [4.69, 9.17) is 4.42 Å². The van der Waals surface area contributed by atoms with Crippen molar-refractivity contribution in [1.82, 2.24) is 24.8 Å². The van der Waals surface area contributed by atoms with Gasteiger partial charge in [-0.15, -0.1) is 0 Å². The van der Waals surface area contributed by atoms with Crippen LogP contribution in [-0.2, 0) is 4.79 Å². The lowest BCUT2D eigenvalue weighted by Crippen LogP contribution is -2.49. The summed E-state index contributed by atoms with van der Waals surface area (Å²) >= 11 is 0. The molecule has 10 nitrogen and oxygen atoms in total. The Bertz CT molecular complexity index is 1530. The first kappa shape index (κ1) is 21.6. The second-order valence-corrected chi connectivity index (χ2v) is 9.41. The molecule has 6 rings (SSSR count). The van der Waals surface area contributed by atoms with Gasteiger partial charge in [0.1, 0.15) is 11.2 Å². The first-order valence-corrected chi connectivity index (χ1v) is 11.4. The van der Waals surface area contributed by atoms with Gasteiger partial charge in [0.25, 0.3) is 0 Å². The molecule has 0 aliphatic heterocycles. The molecule has 3 aromatic heterocycles. The van der Waals surface area contributed by atoms with Crippen molar-refractivity contribution in [3.8, 4) is 11.8 Å². The van der Waals surface area contributed by atoms with Crippen LogP contribution in [0, 0.1) is 23.2 Å². The molecule has 4 N–H and O–H groups in total. The zero-order valence-electron chi connectivity index (χ0n) is 19.4. The lowest BCUT2D eigenvalue weighted by Gasteiger charge is -2.32. The second-order valence-electron chi connectivity index (χ2n) is 9.41. The highest BCUT2D eigenvalue weighted by molar-refractivity contribution is 5.85. The van der Waals surface area contributed by atoms with Crippen LogP contribution in [0.2, 0.25) is 0 Å². The summed E-state index contributed by atoms with van der Waals surface area (Å²) in [5.41, 5.74) is -0.744. The van der Waals surface area contributed by atoms with Crippen LogP contribution in [0.5, 0.6) is 0 Å². The molecule has 178 valence electrons. The molecule has 1 aromatic carbocycles. The molecule has 2 aliphatic rings. The highest BCUT2D eigenvalue weighted by Gasteiger charge is 2.79. The van der Waals surface area contributed by atoms with Gasteiger partial charge in [-0.25, -0.2) is 15.0 Å². The fourth-order valence-corrected chi connectivity index (χ4v) is 5.60. The summed E-state index contributed by atoms with van der Waals surface area (Å²) in [5, 5.41) is 28.9. The van der Waals surface area contributed by atoms with E-state index in [1.807, 2.05) is 30.3 Å². The van der Waals surface area contributed by atoms with Crippen LogP contribution >= 0.6 is 0 Å². The summed E-state index contributed by atoms with van der Waals surface area (Å²) in [4.78, 5) is 25.9. The molecule has 0 saturated heterocycles. The molecule has 2 saturated carbocycles. The number of carbonyl (C=O) groups excluding carboxylic acids is 1. The van der Waals surface area contributed by atoms with E-state index in [0.717, 1.165) is 11.0 Å². The van der Waals surface area contributed by atoms with Crippen molar-refractivity contribution < 1.29 is 19.4 Å². The van der Waals surface area contributed by atoms with Crippen molar-refractivity contribution in [3.05, 3.63) is 48.2 Å². The monoisotopic (exact) mass is 472 g/mol. The van der Waals surface area contributed by atoms with Gasteiger partial charge in [0.15, 0.2) is 22.7 Å². The number of furan rings is 1. The standard InChI is InChI=1S/C25H24N6O4/c1-24(23(33)27-3)11-15-19(25(15,34)22(24)32)31-12-28-18-20(26-2)29-17(30-21(18)31)9-8-14-10-13-6-4-5-7-16(13)35-14/h4-7,10,12,15,19,22,32,34H,11H2,1-3H3,(H,27,33)(H,26,29,30)/t15-,19+,22+,24?,25+/m0/s1. The number of carbonyl (C=O) groups is 1. The van der Waals surface area contributed by atoms with Crippen molar-refractivity contribution in [2.24, 2.45) is 11.3 Å². The van der Waals surface area contributed by atoms with Crippen molar-refractivity contribution in [3.63, 3.8) is 0 Å². The maximum atomic E-state index is 12.4. The summed E-state index contributed by atoms with van der Waals surface area (Å²) in [5.74, 6) is 6.59. The largest absolute Gasteiger partial charge is 0.448 e. The van der Waals surface area contributed by atoms with Gasteiger partial charge in [0, 0.05) is 31.5 Å². The van der Waals surface area contributed by atoms with Gasteiger partial charge in [-0.3, -0.25) is 4.79 Å². The third-order valence-electron chi connectivity index (χ3n) is 7.45. The van der Waals surface area contributed by atoms with Crippen LogP contribution in [0.15, 0.2) is 41.1 Å². The van der Waals surface area contributed by atoms with Gasteiger partial charge in [-0.05, 0) is 31.3 Å². The van der Waals surface area contributed by atoms with E-state index >= 15 is 0 Å². The van der Waals surface area contributed by atoms with Gasteiger partial charge in [-0.1, -0.05) is 18.2 Å². The molecule has 35 heavy (non-hydrogen) atoms. The number of aromatic nitrogens is 4. The zero-order valence-corrected chi connectivity index (χ0v) is 19.4. The van der Waals surface area contributed by atoms with Gasteiger partial charge in [-0.2, -0.15) is 0 Å². The Morgan fingerprint density at radius 2 is 2.06 bits per heavy atom. The van der Waals surface area contributed by atoms with Crippen molar-refractivity contribution in [2.75, 3.05) is 19.4 Å². The number of fused-ring (bicyclic) bond motifs is 3. The second kappa shape index (κ2) is 7.28. The van der Waals surface area contributed by atoms with E-state index in [-0.39, 0.29) is 17.6 Å². The molecule has 0 bridgehead atoms. The van der Waals surface area contributed by atoms with Gasteiger partial charge < -0.3 is 29.8 Å². The average Bonchev–Trinajstić information content (AvgIpc) is 3.23. The van der Waals surface area contributed by atoms with E-state index in [2.05, 4.69) is 37.4 Å². The number of hydrogen-bond acceptors (Lipinski definition) is 8. The first-order valence-electron chi connectivity index (χ1n) is 11.4.